The summed E-state index contributed by atoms with van der Waals surface area (Å²) in [6.45, 7) is 3.65. The van der Waals surface area contributed by atoms with Crippen LogP contribution >= 0.6 is 0 Å². The lowest BCUT2D eigenvalue weighted by Gasteiger charge is -2.28. The third-order valence-corrected chi connectivity index (χ3v) is 7.55. The number of ether oxygens (including phenoxy) is 2. The maximum Gasteiger partial charge on any atom is 0.254 e. The summed E-state index contributed by atoms with van der Waals surface area (Å²) < 4.78 is 24.0. The smallest absolute Gasteiger partial charge is 0.254 e. The predicted molar refractivity (Wildman–Crippen MR) is 148 cm³/mol. The fourth-order valence-corrected chi connectivity index (χ4v) is 5.44. The highest BCUT2D eigenvalue weighted by atomic mass is 19.1. The second-order valence-electron chi connectivity index (χ2n) is 10.2. The second kappa shape index (κ2) is 11.9. The lowest BCUT2D eigenvalue weighted by atomic mass is 10.0. The third kappa shape index (κ3) is 6.40. The minimum Gasteiger partial charge on any atom is -0.493 e. The number of hydrogen-bond acceptors (Lipinski definition) is 5. The Morgan fingerprint density at radius 3 is 2.46 bits per heavy atom. The van der Waals surface area contributed by atoms with Crippen molar-refractivity contribution < 1.29 is 23.5 Å². The molecule has 0 spiro atoms. The molecule has 0 aromatic heterocycles. The molecule has 5 rings (SSSR count). The van der Waals surface area contributed by atoms with Gasteiger partial charge in [0.15, 0.2) is 11.5 Å². The van der Waals surface area contributed by atoms with Crippen LogP contribution in [-0.4, -0.2) is 68.1 Å². The summed E-state index contributed by atoms with van der Waals surface area (Å²) in [6.07, 6.45) is 3.97. The number of carbonyl (C=O) groups is 2. The maximum atomic E-state index is 13.4. The zero-order valence-corrected chi connectivity index (χ0v) is 22.4. The summed E-state index contributed by atoms with van der Waals surface area (Å²) in [5.74, 6) is 0.767. The van der Waals surface area contributed by atoms with Crippen molar-refractivity contribution in [3.63, 3.8) is 0 Å². The minimum absolute atomic E-state index is 0.0518. The first-order valence-corrected chi connectivity index (χ1v) is 13.3. The highest BCUT2D eigenvalue weighted by Crippen LogP contribution is 2.29. The Kier molecular flexibility index (Phi) is 8.12. The summed E-state index contributed by atoms with van der Waals surface area (Å²) in [7, 11) is 3.11. The van der Waals surface area contributed by atoms with E-state index >= 15 is 0 Å². The number of halogens is 1. The number of hydrogen-bond donors (Lipinski definition) is 1. The normalized spacial score (nSPS) is 17.8. The Labute approximate surface area is 228 Å². The standard InChI is InChI=1S/C31H34FN3O4/c1-38-28-8-6-25(18-29(28)39-2)31(37)35-13-9-21(10-14-35)16-30(36)33-27-11-12-34(20-27)19-22-3-4-24-17-26(32)7-5-23(24)15-22/h3-8,15-18,27H,9-14,19-20H2,1-2H3,(H,33,36)/t27-/m1/s1. The van der Waals surface area contributed by atoms with Gasteiger partial charge in [-0.15, -0.1) is 0 Å². The zero-order valence-electron chi connectivity index (χ0n) is 22.4. The molecule has 8 heteroatoms. The molecular formula is C31H34FN3O4. The SMILES string of the molecule is COc1ccc(C(=O)N2CCC(=CC(=O)N[C@@H]3CCN(Cc4ccc5cc(F)ccc5c4)C3)CC2)cc1OC. The van der Waals surface area contributed by atoms with Crippen molar-refractivity contribution in [1.82, 2.24) is 15.1 Å². The average Bonchev–Trinajstić information content (AvgIpc) is 3.38. The van der Waals surface area contributed by atoms with E-state index in [0.717, 1.165) is 42.4 Å². The highest BCUT2D eigenvalue weighted by molar-refractivity contribution is 5.95. The Balaban J connectivity index is 1.09. The molecule has 2 aliphatic rings. The van der Waals surface area contributed by atoms with Crippen molar-refractivity contribution in [2.45, 2.75) is 31.8 Å². The number of likely N-dealkylation sites (tertiary alicyclic amines) is 2. The predicted octanol–water partition coefficient (Wildman–Crippen LogP) is 4.55. The van der Waals surface area contributed by atoms with Gasteiger partial charge in [0.1, 0.15) is 5.82 Å². The minimum atomic E-state index is -0.225. The van der Waals surface area contributed by atoms with E-state index in [-0.39, 0.29) is 23.7 Å². The largest absolute Gasteiger partial charge is 0.493 e. The van der Waals surface area contributed by atoms with Crippen LogP contribution in [-0.2, 0) is 11.3 Å². The van der Waals surface area contributed by atoms with Crippen LogP contribution in [0.25, 0.3) is 10.8 Å². The number of methoxy groups -OCH3 is 2. The van der Waals surface area contributed by atoms with Gasteiger partial charge in [-0.05, 0) is 72.0 Å². The molecule has 0 unspecified atom stereocenters. The van der Waals surface area contributed by atoms with Crippen LogP contribution in [0.15, 0.2) is 66.2 Å². The Morgan fingerprint density at radius 2 is 1.69 bits per heavy atom. The van der Waals surface area contributed by atoms with E-state index in [2.05, 4.69) is 16.3 Å². The van der Waals surface area contributed by atoms with Crippen molar-refractivity contribution in [1.29, 1.82) is 0 Å². The summed E-state index contributed by atoms with van der Waals surface area (Å²) in [5, 5.41) is 5.08. The van der Waals surface area contributed by atoms with Gasteiger partial charge in [0.25, 0.3) is 5.91 Å². The van der Waals surface area contributed by atoms with Crippen molar-refractivity contribution in [3.05, 3.63) is 83.2 Å². The van der Waals surface area contributed by atoms with E-state index in [1.165, 1.54) is 11.6 Å². The maximum absolute atomic E-state index is 13.4. The molecule has 0 saturated carbocycles. The van der Waals surface area contributed by atoms with Gasteiger partial charge in [-0.1, -0.05) is 23.8 Å². The number of nitrogens with zero attached hydrogens (tertiary/aromatic N) is 2. The fraction of sp³-hybridized carbons (Fsp3) is 0.355. The molecule has 1 atom stereocenters. The number of piperidine rings is 1. The van der Waals surface area contributed by atoms with E-state index < -0.39 is 0 Å². The lowest BCUT2D eigenvalue weighted by Crippen LogP contribution is -2.38. The number of fused-ring (bicyclic) bond motifs is 1. The molecule has 2 saturated heterocycles. The van der Waals surface area contributed by atoms with Crippen LogP contribution in [0.2, 0.25) is 0 Å². The van der Waals surface area contributed by atoms with E-state index in [1.807, 2.05) is 23.1 Å². The summed E-state index contributed by atoms with van der Waals surface area (Å²) >= 11 is 0. The quantitative estimate of drug-likeness (QED) is 0.453. The van der Waals surface area contributed by atoms with Gasteiger partial charge in [0, 0.05) is 50.4 Å². The molecule has 3 aromatic carbocycles. The van der Waals surface area contributed by atoms with Crippen LogP contribution in [0, 0.1) is 5.82 Å². The first kappa shape index (κ1) is 26.7. The molecule has 2 fully saturated rings. The first-order chi connectivity index (χ1) is 18.9. The van der Waals surface area contributed by atoms with Crippen LogP contribution in [0.5, 0.6) is 11.5 Å². The molecule has 3 aromatic rings. The summed E-state index contributed by atoms with van der Waals surface area (Å²) in [5.41, 5.74) is 2.80. The molecule has 2 aliphatic heterocycles. The van der Waals surface area contributed by atoms with Crippen LogP contribution in [0.1, 0.15) is 35.2 Å². The Hall–Kier alpha value is -3.91. The van der Waals surface area contributed by atoms with E-state index in [9.17, 15) is 14.0 Å². The zero-order chi connectivity index (χ0) is 27.4. The van der Waals surface area contributed by atoms with Gasteiger partial charge in [-0.2, -0.15) is 0 Å². The molecule has 2 heterocycles. The van der Waals surface area contributed by atoms with Crippen LogP contribution in [0.3, 0.4) is 0 Å². The third-order valence-electron chi connectivity index (χ3n) is 7.55. The van der Waals surface area contributed by atoms with Crippen LogP contribution < -0.4 is 14.8 Å². The molecular weight excluding hydrogens is 497 g/mol. The molecule has 1 N–H and O–H groups in total. The molecule has 2 amide bonds. The molecule has 0 bridgehead atoms. The summed E-state index contributed by atoms with van der Waals surface area (Å²) in [4.78, 5) is 29.9. The topological polar surface area (TPSA) is 71.1 Å². The first-order valence-electron chi connectivity index (χ1n) is 13.3. The number of benzene rings is 3. The molecule has 39 heavy (non-hydrogen) atoms. The van der Waals surface area contributed by atoms with Crippen molar-refractivity contribution in [3.8, 4) is 11.5 Å². The average molecular weight is 532 g/mol. The molecule has 0 radical (unpaired) electrons. The van der Waals surface area contributed by atoms with Gasteiger partial charge >= 0.3 is 0 Å². The second-order valence-corrected chi connectivity index (χ2v) is 10.2. The number of rotatable bonds is 7. The molecule has 204 valence electrons. The number of carbonyl (C=O) groups excluding carboxylic acids is 2. The number of amides is 2. The van der Waals surface area contributed by atoms with Gasteiger partial charge in [0.05, 0.1) is 14.2 Å². The fourth-order valence-electron chi connectivity index (χ4n) is 5.44. The van der Waals surface area contributed by atoms with E-state index in [4.69, 9.17) is 9.47 Å². The molecule has 7 nitrogen and oxygen atoms in total. The molecule has 0 aliphatic carbocycles. The van der Waals surface area contributed by atoms with Crippen molar-refractivity contribution >= 4 is 22.6 Å². The van der Waals surface area contributed by atoms with Gasteiger partial charge in [-0.3, -0.25) is 14.5 Å². The van der Waals surface area contributed by atoms with Crippen LogP contribution in [0.4, 0.5) is 4.39 Å². The number of nitrogens with one attached hydrogen (secondary N) is 1. The van der Waals surface area contributed by atoms with Gasteiger partial charge < -0.3 is 19.7 Å². The lowest BCUT2D eigenvalue weighted by molar-refractivity contribution is -0.117. The van der Waals surface area contributed by atoms with Gasteiger partial charge in [0.2, 0.25) is 5.91 Å². The van der Waals surface area contributed by atoms with Crippen molar-refractivity contribution in [2.24, 2.45) is 0 Å². The van der Waals surface area contributed by atoms with E-state index in [1.54, 1.807) is 44.6 Å². The Bertz CT molecular complexity index is 1400. The summed E-state index contributed by atoms with van der Waals surface area (Å²) in [6, 6.07) is 16.2. The van der Waals surface area contributed by atoms with Crippen molar-refractivity contribution in [2.75, 3.05) is 40.4 Å². The van der Waals surface area contributed by atoms with Gasteiger partial charge in [-0.25, -0.2) is 4.39 Å². The van der Waals surface area contributed by atoms with E-state index in [0.29, 0.717) is 43.0 Å². The highest BCUT2D eigenvalue weighted by Gasteiger charge is 2.25. The Morgan fingerprint density at radius 1 is 0.949 bits per heavy atom. The monoisotopic (exact) mass is 531 g/mol.